The second-order valence-corrected chi connectivity index (χ2v) is 9.48. The molecule has 2 amide bonds. The van der Waals surface area contributed by atoms with E-state index in [0.29, 0.717) is 23.7 Å². The Morgan fingerprint density at radius 2 is 1.62 bits per heavy atom. The van der Waals surface area contributed by atoms with Crippen LogP contribution in [0.1, 0.15) is 43.0 Å². The average Bonchev–Trinajstić information content (AvgIpc) is 2.92. The third-order valence-corrected chi connectivity index (χ3v) is 6.01. The highest BCUT2D eigenvalue weighted by Gasteiger charge is 2.15. The van der Waals surface area contributed by atoms with Crippen LogP contribution in [0, 0.1) is 0 Å². The number of rotatable bonds is 11. The Bertz CT molecular complexity index is 1210. The molecule has 0 saturated carbocycles. The van der Waals surface area contributed by atoms with E-state index in [-0.39, 0.29) is 11.7 Å². The number of amides is 2. The number of carbonyl (C=O) groups is 2. The minimum atomic E-state index is -0.460. The minimum Gasteiger partial charge on any atom is -0.493 e. The lowest BCUT2D eigenvalue weighted by molar-refractivity contribution is -0.123. The van der Waals surface area contributed by atoms with Crippen molar-refractivity contribution in [2.75, 3.05) is 13.2 Å². The predicted molar refractivity (Wildman–Crippen MR) is 152 cm³/mol. The van der Waals surface area contributed by atoms with E-state index in [2.05, 4.69) is 39.0 Å². The van der Waals surface area contributed by atoms with Crippen molar-refractivity contribution in [3.05, 3.63) is 82.8 Å². The fourth-order valence-electron chi connectivity index (χ4n) is 3.47. The van der Waals surface area contributed by atoms with Crippen LogP contribution in [0.4, 0.5) is 0 Å². The Labute approximate surface area is 231 Å². The highest BCUT2D eigenvalue weighted by molar-refractivity contribution is 9.10. The Kier molecular flexibility index (Phi) is 11.4. The molecule has 0 aromatic heterocycles. The molecule has 37 heavy (non-hydrogen) atoms. The van der Waals surface area contributed by atoms with Gasteiger partial charge in [-0.15, -0.1) is 0 Å². The summed E-state index contributed by atoms with van der Waals surface area (Å²) in [6.07, 6.45) is 4.27. The van der Waals surface area contributed by atoms with Gasteiger partial charge in [0.05, 0.1) is 12.2 Å². The first-order valence-electron chi connectivity index (χ1n) is 12.1. The molecule has 3 aromatic carbocycles. The van der Waals surface area contributed by atoms with E-state index in [4.69, 9.17) is 21.7 Å². The van der Waals surface area contributed by atoms with Gasteiger partial charge < -0.3 is 9.47 Å². The predicted octanol–water partition coefficient (Wildman–Crippen LogP) is 5.79. The molecule has 0 saturated heterocycles. The summed E-state index contributed by atoms with van der Waals surface area (Å²) in [4.78, 5) is 25.1. The smallest absolute Gasteiger partial charge is 0.276 e. The second kappa shape index (κ2) is 15.0. The molecule has 0 fully saturated rings. The Morgan fingerprint density at radius 1 is 0.865 bits per heavy atom. The molecule has 0 heterocycles. The van der Waals surface area contributed by atoms with Crippen molar-refractivity contribution in [2.45, 2.75) is 32.6 Å². The van der Waals surface area contributed by atoms with Gasteiger partial charge in [0.2, 0.25) is 0 Å². The maximum absolute atomic E-state index is 12.8. The van der Waals surface area contributed by atoms with Gasteiger partial charge in [0.15, 0.2) is 11.7 Å². The molecule has 0 atom stereocenters. The summed E-state index contributed by atoms with van der Waals surface area (Å²) in [7, 11) is 0. The zero-order chi connectivity index (χ0) is 26.5. The minimum absolute atomic E-state index is 0.0584. The maximum atomic E-state index is 12.8. The van der Waals surface area contributed by atoms with Gasteiger partial charge in [-0.3, -0.25) is 25.8 Å². The Balaban J connectivity index is 1.49. The van der Waals surface area contributed by atoms with Crippen LogP contribution in [-0.2, 0) is 4.79 Å². The number of hydrazine groups is 1. The third kappa shape index (κ3) is 9.18. The topological polar surface area (TPSA) is 88.7 Å². The lowest BCUT2D eigenvalue weighted by Crippen LogP contribution is -2.49. The summed E-state index contributed by atoms with van der Waals surface area (Å²) >= 11 is 8.56. The lowest BCUT2D eigenvalue weighted by Gasteiger charge is -2.15. The van der Waals surface area contributed by atoms with Crippen molar-refractivity contribution < 1.29 is 19.1 Å². The molecular formula is C28H30BrN3O4S. The van der Waals surface area contributed by atoms with Crippen LogP contribution in [0.2, 0.25) is 0 Å². The molecule has 0 spiro atoms. The normalized spacial score (nSPS) is 10.3. The maximum Gasteiger partial charge on any atom is 0.276 e. The molecule has 3 aromatic rings. The fourth-order valence-corrected chi connectivity index (χ4v) is 3.98. The Hall–Kier alpha value is -3.43. The number of para-hydroxylation sites is 1. The number of ether oxygens (including phenoxy) is 2. The van der Waals surface area contributed by atoms with Gasteiger partial charge in [0.25, 0.3) is 11.8 Å². The summed E-state index contributed by atoms with van der Waals surface area (Å²) < 4.78 is 12.3. The van der Waals surface area contributed by atoms with E-state index in [1.54, 1.807) is 18.2 Å². The summed E-state index contributed by atoms with van der Waals surface area (Å²) in [5.41, 5.74) is 7.17. The van der Waals surface area contributed by atoms with Crippen molar-refractivity contribution in [3.63, 3.8) is 0 Å². The van der Waals surface area contributed by atoms with Gasteiger partial charge >= 0.3 is 0 Å². The van der Waals surface area contributed by atoms with E-state index in [1.165, 1.54) is 0 Å². The zero-order valence-corrected chi connectivity index (χ0v) is 23.0. The van der Waals surface area contributed by atoms with E-state index in [9.17, 15) is 9.59 Å². The van der Waals surface area contributed by atoms with Crippen molar-refractivity contribution in [1.29, 1.82) is 0 Å². The first-order chi connectivity index (χ1) is 18.0. The molecule has 0 aliphatic carbocycles. The lowest BCUT2D eigenvalue weighted by atomic mass is 10.1. The van der Waals surface area contributed by atoms with Gasteiger partial charge in [0.1, 0.15) is 11.5 Å². The molecular weight excluding hydrogens is 554 g/mol. The summed E-state index contributed by atoms with van der Waals surface area (Å²) in [5.74, 6) is 0.133. The first kappa shape index (κ1) is 28.1. The Morgan fingerprint density at radius 3 is 2.41 bits per heavy atom. The first-order valence-corrected chi connectivity index (χ1v) is 13.3. The standard InChI is InChI=1S/C28H30BrN3O4S/c1-2-3-4-10-17-35-25-16-15-21(29)18-23(25)27(34)30-28(37)32-31-26(33)19-36-24-14-9-8-13-22(24)20-11-6-5-7-12-20/h5-9,11-16,18H,2-4,10,17,19H2,1H3,(H,31,33)(H2,30,32,34,37). The number of benzene rings is 3. The van der Waals surface area contributed by atoms with Gasteiger partial charge in [0, 0.05) is 10.0 Å². The van der Waals surface area contributed by atoms with Crippen LogP contribution < -0.4 is 25.6 Å². The quantitative estimate of drug-likeness (QED) is 0.150. The van der Waals surface area contributed by atoms with Crippen LogP contribution >= 0.6 is 28.1 Å². The van der Waals surface area contributed by atoms with Crippen LogP contribution in [0.3, 0.4) is 0 Å². The number of hydrogen-bond acceptors (Lipinski definition) is 5. The molecule has 0 bridgehead atoms. The molecule has 0 unspecified atom stereocenters. The van der Waals surface area contributed by atoms with Crippen LogP contribution in [0.5, 0.6) is 11.5 Å². The van der Waals surface area contributed by atoms with Crippen molar-refractivity contribution in [3.8, 4) is 22.6 Å². The second-order valence-electron chi connectivity index (χ2n) is 8.16. The molecule has 0 aliphatic heterocycles. The third-order valence-electron chi connectivity index (χ3n) is 5.31. The summed E-state index contributed by atoms with van der Waals surface area (Å²) in [5, 5.41) is 2.50. The number of unbranched alkanes of at least 4 members (excludes halogenated alkanes) is 3. The largest absolute Gasteiger partial charge is 0.493 e. The van der Waals surface area contributed by atoms with E-state index < -0.39 is 11.8 Å². The van der Waals surface area contributed by atoms with Crippen LogP contribution in [0.15, 0.2) is 77.3 Å². The molecule has 3 rings (SSSR count). The number of thiocarbonyl (C=S) groups is 1. The highest BCUT2D eigenvalue weighted by Crippen LogP contribution is 2.29. The van der Waals surface area contributed by atoms with E-state index in [0.717, 1.165) is 41.3 Å². The molecule has 3 N–H and O–H groups in total. The monoisotopic (exact) mass is 583 g/mol. The zero-order valence-electron chi connectivity index (χ0n) is 20.6. The number of hydrogen-bond donors (Lipinski definition) is 3. The number of nitrogens with one attached hydrogen (secondary N) is 3. The van der Waals surface area contributed by atoms with Gasteiger partial charge in [-0.05, 0) is 48.5 Å². The van der Waals surface area contributed by atoms with E-state index >= 15 is 0 Å². The SMILES string of the molecule is CCCCCCOc1ccc(Br)cc1C(=O)NC(=S)NNC(=O)COc1ccccc1-c1ccccc1. The summed E-state index contributed by atoms with van der Waals surface area (Å²) in [6, 6.07) is 22.4. The van der Waals surface area contributed by atoms with Crippen molar-refractivity contribution in [2.24, 2.45) is 0 Å². The van der Waals surface area contributed by atoms with Crippen LogP contribution in [-0.4, -0.2) is 30.1 Å². The van der Waals surface area contributed by atoms with Gasteiger partial charge in [-0.25, -0.2) is 0 Å². The summed E-state index contributed by atoms with van der Waals surface area (Å²) in [6.45, 7) is 2.43. The van der Waals surface area contributed by atoms with Crippen molar-refractivity contribution >= 4 is 45.1 Å². The average molecular weight is 585 g/mol. The molecule has 0 aliphatic rings. The fraction of sp³-hybridized carbons (Fsp3) is 0.250. The number of carbonyl (C=O) groups excluding carboxylic acids is 2. The molecule has 9 heteroatoms. The molecule has 194 valence electrons. The van der Waals surface area contributed by atoms with Crippen molar-refractivity contribution in [1.82, 2.24) is 16.2 Å². The molecule has 7 nitrogen and oxygen atoms in total. The number of halogens is 1. The highest BCUT2D eigenvalue weighted by atomic mass is 79.9. The van der Waals surface area contributed by atoms with Gasteiger partial charge in [-0.1, -0.05) is 90.6 Å². The van der Waals surface area contributed by atoms with E-state index in [1.807, 2.05) is 54.6 Å². The van der Waals surface area contributed by atoms with Crippen LogP contribution in [0.25, 0.3) is 11.1 Å². The molecule has 0 radical (unpaired) electrons. The van der Waals surface area contributed by atoms with Gasteiger partial charge in [-0.2, -0.15) is 0 Å².